The monoisotopic (exact) mass is 376 g/mol. The lowest BCUT2D eigenvalue weighted by molar-refractivity contribution is 0.101. The molecule has 2 aromatic carbocycles. The highest BCUT2D eigenvalue weighted by Gasteiger charge is 2.16. The minimum Gasteiger partial charge on any atom is -0.362 e. The molecule has 3 aromatic rings. The number of benzene rings is 2. The molecule has 0 aliphatic carbocycles. The van der Waals surface area contributed by atoms with Gasteiger partial charge < -0.3 is 10.2 Å². The number of anilines is 2. The first-order valence-corrected chi connectivity index (χ1v) is 10.1. The Morgan fingerprint density at radius 3 is 2.36 bits per heavy atom. The molecule has 146 valence electrons. The summed E-state index contributed by atoms with van der Waals surface area (Å²) in [5, 5.41) is 4.18. The van der Waals surface area contributed by atoms with Gasteiger partial charge in [-0.15, -0.1) is 0 Å². The van der Waals surface area contributed by atoms with E-state index in [2.05, 4.69) is 10.2 Å². The van der Waals surface area contributed by atoms with Gasteiger partial charge in [0.05, 0.1) is 12.1 Å². The number of hydrogen-bond acceptors (Lipinski definition) is 5. The highest BCUT2D eigenvalue weighted by Crippen LogP contribution is 2.25. The fourth-order valence-corrected chi connectivity index (χ4v) is 3.32. The van der Waals surface area contributed by atoms with Gasteiger partial charge in [0.15, 0.2) is 5.78 Å². The summed E-state index contributed by atoms with van der Waals surface area (Å²) in [5.41, 5.74) is 1.60. The second-order valence-electron chi connectivity index (χ2n) is 6.58. The molecule has 2 heterocycles. The summed E-state index contributed by atoms with van der Waals surface area (Å²) in [6.45, 7) is 6.19. The molecule has 1 saturated heterocycles. The van der Waals surface area contributed by atoms with E-state index in [0.29, 0.717) is 5.56 Å². The molecule has 1 N–H and O–H groups in total. The molecular weight excluding hydrogens is 348 g/mol. The molecule has 1 aromatic heterocycles. The van der Waals surface area contributed by atoms with Gasteiger partial charge in [0, 0.05) is 24.0 Å². The Bertz CT molecular complexity index is 905. The first-order chi connectivity index (χ1) is 13.8. The topological polar surface area (TPSA) is 58.1 Å². The third kappa shape index (κ3) is 4.66. The van der Waals surface area contributed by atoms with E-state index in [0.717, 1.165) is 35.8 Å². The van der Waals surface area contributed by atoms with Gasteiger partial charge in [0.1, 0.15) is 5.82 Å². The van der Waals surface area contributed by atoms with Crippen LogP contribution in [0.25, 0.3) is 10.9 Å². The van der Waals surface area contributed by atoms with Crippen molar-refractivity contribution in [1.29, 1.82) is 0 Å². The average molecular weight is 377 g/mol. The van der Waals surface area contributed by atoms with E-state index in [4.69, 9.17) is 9.97 Å². The van der Waals surface area contributed by atoms with Crippen molar-refractivity contribution < 1.29 is 4.79 Å². The molecule has 1 fully saturated rings. The Morgan fingerprint density at radius 2 is 1.61 bits per heavy atom. The molecule has 0 amide bonds. The van der Waals surface area contributed by atoms with Crippen molar-refractivity contribution in [3.05, 3.63) is 60.2 Å². The molecule has 0 saturated carbocycles. The lowest BCUT2D eigenvalue weighted by Crippen LogP contribution is -2.31. The molecule has 1 aliphatic heterocycles. The van der Waals surface area contributed by atoms with Gasteiger partial charge in [-0.3, -0.25) is 4.79 Å². The van der Waals surface area contributed by atoms with Crippen LogP contribution in [0, 0.1) is 0 Å². The van der Waals surface area contributed by atoms with E-state index in [9.17, 15) is 4.79 Å². The van der Waals surface area contributed by atoms with Gasteiger partial charge in [-0.2, -0.15) is 4.98 Å². The van der Waals surface area contributed by atoms with Crippen LogP contribution in [0.15, 0.2) is 54.6 Å². The zero-order valence-electron chi connectivity index (χ0n) is 16.7. The number of rotatable bonds is 5. The smallest absolute Gasteiger partial charge is 0.227 e. The number of Topliss-reactive ketones (excluding diaryl/α,β-unsaturated/α-hetero) is 1. The number of para-hydroxylation sites is 1. The zero-order valence-corrected chi connectivity index (χ0v) is 16.7. The Morgan fingerprint density at radius 1 is 0.929 bits per heavy atom. The lowest BCUT2D eigenvalue weighted by atomic mass is 10.1. The van der Waals surface area contributed by atoms with Gasteiger partial charge in [-0.25, -0.2) is 4.98 Å². The van der Waals surface area contributed by atoms with Crippen LogP contribution in [-0.2, 0) is 0 Å². The van der Waals surface area contributed by atoms with Crippen molar-refractivity contribution in [2.75, 3.05) is 29.9 Å². The second-order valence-corrected chi connectivity index (χ2v) is 6.58. The zero-order chi connectivity index (χ0) is 19.8. The Hall–Kier alpha value is -2.95. The fourth-order valence-electron chi connectivity index (χ4n) is 3.32. The highest BCUT2D eigenvalue weighted by atomic mass is 16.1. The maximum atomic E-state index is 12.4. The summed E-state index contributed by atoms with van der Waals surface area (Å²) in [5.74, 6) is 1.52. The van der Waals surface area contributed by atoms with Crippen LogP contribution in [0.2, 0.25) is 0 Å². The predicted octanol–water partition coefficient (Wildman–Crippen LogP) is 4.94. The number of ketones is 1. The third-order valence-corrected chi connectivity index (χ3v) is 4.74. The number of fused-ring (bicyclic) bond motifs is 1. The number of carbonyl (C=O) groups is 1. The van der Waals surface area contributed by atoms with Crippen molar-refractivity contribution in [2.24, 2.45) is 0 Å². The summed E-state index contributed by atoms with van der Waals surface area (Å²) in [4.78, 5) is 24.1. The number of hydrogen-bond donors (Lipinski definition) is 1. The number of aromatic nitrogens is 2. The molecule has 4 rings (SSSR count). The van der Waals surface area contributed by atoms with Crippen molar-refractivity contribution in [2.45, 2.75) is 33.1 Å². The lowest BCUT2D eigenvalue weighted by Gasteiger charge is -2.27. The minimum atomic E-state index is 0.0489. The summed E-state index contributed by atoms with van der Waals surface area (Å²) < 4.78 is 0. The summed E-state index contributed by atoms with van der Waals surface area (Å²) in [7, 11) is 0. The maximum Gasteiger partial charge on any atom is 0.227 e. The van der Waals surface area contributed by atoms with Crippen molar-refractivity contribution >= 4 is 28.5 Å². The number of piperidine rings is 1. The van der Waals surface area contributed by atoms with E-state index in [1.165, 1.54) is 19.3 Å². The Balaban J connectivity index is 0.00000109. The van der Waals surface area contributed by atoms with Gasteiger partial charge in [-0.1, -0.05) is 56.3 Å². The molecule has 0 atom stereocenters. The predicted molar refractivity (Wildman–Crippen MR) is 116 cm³/mol. The van der Waals surface area contributed by atoms with E-state index < -0.39 is 0 Å². The SMILES string of the molecule is CC.O=C(CNc1nc(N2CCCCC2)nc2ccccc12)c1ccccc1. The van der Waals surface area contributed by atoms with E-state index in [1.807, 2.05) is 68.4 Å². The van der Waals surface area contributed by atoms with Crippen LogP contribution in [0.4, 0.5) is 11.8 Å². The first kappa shape index (κ1) is 19.8. The normalized spacial score (nSPS) is 13.6. The third-order valence-electron chi connectivity index (χ3n) is 4.74. The number of nitrogens with one attached hydrogen (secondary N) is 1. The van der Waals surface area contributed by atoms with Crippen molar-refractivity contribution in [3.63, 3.8) is 0 Å². The maximum absolute atomic E-state index is 12.4. The highest BCUT2D eigenvalue weighted by molar-refractivity contribution is 6.00. The molecule has 1 aliphatic rings. The number of nitrogens with zero attached hydrogens (tertiary/aromatic N) is 3. The molecular formula is C23H28N4O. The van der Waals surface area contributed by atoms with Crippen LogP contribution in [0.1, 0.15) is 43.5 Å². The van der Waals surface area contributed by atoms with Gasteiger partial charge in [-0.05, 0) is 31.4 Å². The first-order valence-electron chi connectivity index (χ1n) is 10.1. The van der Waals surface area contributed by atoms with Crippen molar-refractivity contribution in [1.82, 2.24) is 9.97 Å². The molecule has 5 heteroatoms. The molecule has 0 radical (unpaired) electrons. The minimum absolute atomic E-state index is 0.0489. The fraction of sp³-hybridized carbons (Fsp3) is 0.348. The standard InChI is InChI=1S/C21H22N4O.C2H6/c26-19(16-9-3-1-4-10-16)15-22-20-17-11-5-6-12-18(17)23-21(24-20)25-13-7-2-8-14-25;1-2/h1,3-6,9-12H,2,7-8,13-15H2,(H,22,23,24);1-2H3. The number of carbonyl (C=O) groups excluding carboxylic acids is 1. The largest absolute Gasteiger partial charge is 0.362 e. The Kier molecular flexibility index (Phi) is 6.95. The van der Waals surface area contributed by atoms with E-state index in [-0.39, 0.29) is 12.3 Å². The summed E-state index contributed by atoms with van der Waals surface area (Å²) >= 11 is 0. The second kappa shape index (κ2) is 9.83. The molecule has 0 unspecified atom stereocenters. The van der Waals surface area contributed by atoms with Crippen molar-refractivity contribution in [3.8, 4) is 0 Å². The van der Waals surface area contributed by atoms with E-state index >= 15 is 0 Å². The van der Waals surface area contributed by atoms with Crippen LogP contribution in [-0.4, -0.2) is 35.4 Å². The molecule has 0 bridgehead atoms. The van der Waals surface area contributed by atoms with E-state index in [1.54, 1.807) is 0 Å². The van der Waals surface area contributed by atoms with Gasteiger partial charge >= 0.3 is 0 Å². The van der Waals surface area contributed by atoms with Crippen LogP contribution >= 0.6 is 0 Å². The van der Waals surface area contributed by atoms with Crippen LogP contribution in [0.3, 0.4) is 0 Å². The summed E-state index contributed by atoms with van der Waals surface area (Å²) in [6, 6.07) is 17.3. The molecule has 5 nitrogen and oxygen atoms in total. The quantitative estimate of drug-likeness (QED) is 0.639. The molecule has 0 spiro atoms. The molecule has 28 heavy (non-hydrogen) atoms. The van der Waals surface area contributed by atoms with Gasteiger partial charge in [0.25, 0.3) is 0 Å². The van der Waals surface area contributed by atoms with Gasteiger partial charge in [0.2, 0.25) is 5.95 Å². The Labute approximate surface area is 166 Å². The average Bonchev–Trinajstić information content (AvgIpc) is 2.79. The summed E-state index contributed by atoms with van der Waals surface area (Å²) in [6.07, 6.45) is 3.61. The van der Waals surface area contributed by atoms with Crippen LogP contribution < -0.4 is 10.2 Å². The van der Waals surface area contributed by atoms with Crippen LogP contribution in [0.5, 0.6) is 0 Å².